The number of hydrogen-bond acceptors (Lipinski definition) is 3. The summed E-state index contributed by atoms with van der Waals surface area (Å²) in [7, 11) is 0. The van der Waals surface area contributed by atoms with Gasteiger partial charge >= 0.3 is 0 Å². The van der Waals surface area contributed by atoms with Crippen molar-refractivity contribution < 1.29 is 9.13 Å². The van der Waals surface area contributed by atoms with Gasteiger partial charge in [-0.15, -0.1) is 0 Å². The predicted octanol–water partition coefficient (Wildman–Crippen LogP) is 2.32. The van der Waals surface area contributed by atoms with Crippen LogP contribution in [0.5, 0.6) is 0 Å². The number of nitrogens with two attached hydrogens (primary N) is 1. The van der Waals surface area contributed by atoms with Gasteiger partial charge < -0.3 is 10.5 Å². The molecule has 1 aliphatic heterocycles. The monoisotopic (exact) mass is 266 g/mol. The molecule has 0 saturated carbocycles. The van der Waals surface area contributed by atoms with E-state index >= 15 is 0 Å². The highest BCUT2D eigenvalue weighted by Gasteiger charge is 2.23. The second kappa shape index (κ2) is 6.46. The second-order valence-electron chi connectivity index (χ2n) is 5.43. The Morgan fingerprint density at radius 1 is 1.37 bits per heavy atom. The van der Waals surface area contributed by atoms with Gasteiger partial charge in [0.2, 0.25) is 0 Å². The Hall–Kier alpha value is -0.970. The van der Waals surface area contributed by atoms with Crippen molar-refractivity contribution in [3.63, 3.8) is 0 Å². The van der Waals surface area contributed by atoms with Crippen molar-refractivity contribution in [1.82, 2.24) is 4.90 Å². The third-order valence-electron chi connectivity index (χ3n) is 3.76. The van der Waals surface area contributed by atoms with E-state index in [4.69, 9.17) is 10.5 Å². The van der Waals surface area contributed by atoms with Crippen molar-refractivity contribution >= 4 is 0 Å². The van der Waals surface area contributed by atoms with Gasteiger partial charge in [0.25, 0.3) is 0 Å². The molecule has 1 aliphatic rings. The maximum absolute atomic E-state index is 12.9. The van der Waals surface area contributed by atoms with Gasteiger partial charge in [0.05, 0.1) is 12.7 Å². The number of benzene rings is 1. The summed E-state index contributed by atoms with van der Waals surface area (Å²) in [6.45, 7) is 6.96. The number of nitrogens with zero attached hydrogens (tertiary/aromatic N) is 1. The van der Waals surface area contributed by atoms with Crippen molar-refractivity contribution in [2.75, 3.05) is 19.7 Å². The molecule has 1 saturated heterocycles. The molecule has 2 rings (SSSR count). The molecule has 1 heterocycles. The van der Waals surface area contributed by atoms with Crippen LogP contribution in [-0.2, 0) is 4.74 Å². The summed E-state index contributed by atoms with van der Waals surface area (Å²) in [5, 5.41) is 0. The topological polar surface area (TPSA) is 38.5 Å². The van der Waals surface area contributed by atoms with Crippen molar-refractivity contribution in [2.45, 2.75) is 38.5 Å². The maximum atomic E-state index is 12.9. The fourth-order valence-corrected chi connectivity index (χ4v) is 2.47. The molecule has 0 spiro atoms. The fraction of sp³-hybridized carbons (Fsp3) is 0.600. The molecule has 1 fully saturated rings. The second-order valence-corrected chi connectivity index (χ2v) is 5.43. The van der Waals surface area contributed by atoms with Crippen LogP contribution < -0.4 is 5.73 Å². The minimum atomic E-state index is -0.216. The van der Waals surface area contributed by atoms with Crippen LogP contribution in [0.1, 0.15) is 31.9 Å². The zero-order valence-electron chi connectivity index (χ0n) is 11.7. The van der Waals surface area contributed by atoms with Crippen molar-refractivity contribution in [2.24, 2.45) is 5.73 Å². The lowest BCUT2D eigenvalue weighted by molar-refractivity contribution is -0.0499. The number of morpholine rings is 1. The number of halogens is 1. The minimum Gasteiger partial charge on any atom is -0.376 e. The fourth-order valence-electron chi connectivity index (χ4n) is 2.47. The van der Waals surface area contributed by atoms with Gasteiger partial charge in [-0.3, -0.25) is 4.90 Å². The molecule has 106 valence electrons. The molecule has 2 N–H and O–H groups in total. The smallest absolute Gasteiger partial charge is 0.123 e. The van der Waals surface area contributed by atoms with Crippen LogP contribution in [0.4, 0.5) is 4.39 Å². The van der Waals surface area contributed by atoms with Crippen molar-refractivity contribution in [3.8, 4) is 0 Å². The van der Waals surface area contributed by atoms with Crippen LogP contribution in [0, 0.1) is 5.82 Å². The Balaban J connectivity index is 1.85. The quantitative estimate of drug-likeness (QED) is 0.909. The molecule has 1 aromatic rings. The molecule has 0 radical (unpaired) electrons. The van der Waals surface area contributed by atoms with Crippen LogP contribution in [0.2, 0.25) is 0 Å². The average molecular weight is 266 g/mol. The van der Waals surface area contributed by atoms with E-state index in [1.165, 1.54) is 12.1 Å². The highest BCUT2D eigenvalue weighted by Crippen LogP contribution is 2.18. The van der Waals surface area contributed by atoms with Crippen LogP contribution in [0.25, 0.3) is 0 Å². The molecule has 3 atom stereocenters. The van der Waals surface area contributed by atoms with Gasteiger partial charge in [-0.1, -0.05) is 12.1 Å². The normalized spacial score (nSPS) is 26.3. The largest absolute Gasteiger partial charge is 0.376 e. The summed E-state index contributed by atoms with van der Waals surface area (Å²) in [5.74, 6) is -0.216. The predicted molar refractivity (Wildman–Crippen MR) is 74.4 cm³/mol. The lowest BCUT2D eigenvalue weighted by Gasteiger charge is -2.37. The molecule has 19 heavy (non-hydrogen) atoms. The van der Waals surface area contributed by atoms with E-state index in [2.05, 4.69) is 18.7 Å². The van der Waals surface area contributed by atoms with E-state index in [0.29, 0.717) is 12.1 Å². The van der Waals surface area contributed by atoms with Crippen LogP contribution >= 0.6 is 0 Å². The van der Waals surface area contributed by atoms with Crippen LogP contribution in [0.3, 0.4) is 0 Å². The molecule has 1 aromatic carbocycles. The van der Waals surface area contributed by atoms with E-state index in [-0.39, 0.29) is 11.9 Å². The van der Waals surface area contributed by atoms with E-state index < -0.39 is 0 Å². The molecular weight excluding hydrogens is 243 g/mol. The first-order valence-electron chi connectivity index (χ1n) is 6.93. The third kappa shape index (κ3) is 4.00. The summed E-state index contributed by atoms with van der Waals surface area (Å²) < 4.78 is 18.5. The number of rotatable bonds is 4. The Kier molecular flexibility index (Phi) is 4.91. The molecule has 0 bridgehead atoms. The lowest BCUT2D eigenvalue weighted by Crippen LogP contribution is -2.47. The zero-order valence-corrected chi connectivity index (χ0v) is 11.7. The first-order chi connectivity index (χ1) is 9.06. The SMILES string of the molecule is CC1CN(CCC(N)c2ccc(F)cc2)C(C)CO1. The number of hydrogen-bond donors (Lipinski definition) is 1. The van der Waals surface area contributed by atoms with Crippen LogP contribution in [0.15, 0.2) is 24.3 Å². The Morgan fingerprint density at radius 2 is 2.05 bits per heavy atom. The van der Waals surface area contributed by atoms with Crippen molar-refractivity contribution in [3.05, 3.63) is 35.6 Å². The van der Waals surface area contributed by atoms with E-state index in [1.54, 1.807) is 12.1 Å². The molecular formula is C15H23FN2O. The van der Waals surface area contributed by atoms with Gasteiger partial charge in [0.15, 0.2) is 0 Å². The molecule has 0 aliphatic carbocycles. The first-order valence-corrected chi connectivity index (χ1v) is 6.93. The van der Waals surface area contributed by atoms with E-state index in [9.17, 15) is 4.39 Å². The zero-order chi connectivity index (χ0) is 13.8. The average Bonchev–Trinajstić information content (AvgIpc) is 2.40. The van der Waals surface area contributed by atoms with Gasteiger partial charge in [-0.05, 0) is 38.0 Å². The van der Waals surface area contributed by atoms with Gasteiger partial charge in [0.1, 0.15) is 5.82 Å². The Labute approximate surface area is 114 Å². The summed E-state index contributed by atoms with van der Waals surface area (Å²) in [5.41, 5.74) is 7.16. The first kappa shape index (κ1) is 14.4. The summed E-state index contributed by atoms with van der Waals surface area (Å²) in [6, 6.07) is 6.88. The molecule has 3 nitrogen and oxygen atoms in total. The standard InChI is InChI=1S/C15H23FN2O/c1-11-10-19-12(2)9-18(11)8-7-15(17)13-3-5-14(16)6-4-13/h3-6,11-12,15H,7-10,17H2,1-2H3. The maximum Gasteiger partial charge on any atom is 0.123 e. The van der Waals surface area contributed by atoms with Gasteiger partial charge in [-0.25, -0.2) is 4.39 Å². The Bertz CT molecular complexity index is 396. The highest BCUT2D eigenvalue weighted by atomic mass is 19.1. The van der Waals surface area contributed by atoms with E-state index in [0.717, 1.165) is 31.7 Å². The molecule has 0 amide bonds. The number of ether oxygens (including phenoxy) is 1. The van der Waals surface area contributed by atoms with Crippen LogP contribution in [-0.4, -0.2) is 36.7 Å². The Morgan fingerprint density at radius 3 is 2.74 bits per heavy atom. The molecule has 0 aromatic heterocycles. The van der Waals surface area contributed by atoms with E-state index in [1.807, 2.05) is 0 Å². The molecule has 4 heteroatoms. The summed E-state index contributed by atoms with van der Waals surface area (Å²) in [6.07, 6.45) is 1.17. The summed E-state index contributed by atoms with van der Waals surface area (Å²) in [4.78, 5) is 2.41. The lowest BCUT2D eigenvalue weighted by atomic mass is 10.0. The minimum absolute atomic E-state index is 0.0362. The summed E-state index contributed by atoms with van der Waals surface area (Å²) >= 11 is 0. The van der Waals surface area contributed by atoms with Gasteiger partial charge in [0, 0.05) is 25.2 Å². The van der Waals surface area contributed by atoms with Gasteiger partial charge in [-0.2, -0.15) is 0 Å². The molecule has 3 unspecified atom stereocenters. The van der Waals surface area contributed by atoms with Crippen molar-refractivity contribution in [1.29, 1.82) is 0 Å². The highest BCUT2D eigenvalue weighted by molar-refractivity contribution is 5.19. The third-order valence-corrected chi connectivity index (χ3v) is 3.76.